The van der Waals surface area contributed by atoms with Gasteiger partial charge in [0.1, 0.15) is 0 Å². The molecule has 0 amide bonds. The molecule has 0 saturated carbocycles. The maximum absolute atomic E-state index is 5.28. The second-order valence-electron chi connectivity index (χ2n) is 16.9. The van der Waals surface area contributed by atoms with E-state index in [-0.39, 0.29) is 0 Å². The van der Waals surface area contributed by atoms with Crippen molar-refractivity contribution in [1.82, 2.24) is 9.97 Å². The van der Waals surface area contributed by atoms with Gasteiger partial charge in [-0.15, -0.1) is 0 Å². The van der Waals surface area contributed by atoms with Gasteiger partial charge >= 0.3 is 0 Å². The summed E-state index contributed by atoms with van der Waals surface area (Å²) in [5, 5.41) is 2.48. The zero-order chi connectivity index (χ0) is 43.2. The van der Waals surface area contributed by atoms with Crippen LogP contribution < -0.4 is 0 Å². The molecule has 1 heterocycles. The highest BCUT2D eigenvalue weighted by atomic mass is 14.9. The Kier molecular flexibility index (Phi) is 9.43. The Morgan fingerprint density at radius 3 is 1.35 bits per heavy atom. The summed E-state index contributed by atoms with van der Waals surface area (Å²) in [5.74, 6) is 0.690. The van der Waals surface area contributed by atoms with Crippen molar-refractivity contribution < 1.29 is 0 Å². The molecule has 1 aliphatic carbocycles. The van der Waals surface area contributed by atoms with Gasteiger partial charge < -0.3 is 0 Å². The minimum Gasteiger partial charge on any atom is -0.228 e. The van der Waals surface area contributed by atoms with Gasteiger partial charge in [0.15, 0.2) is 5.82 Å². The molecule has 0 radical (unpaired) electrons. The van der Waals surface area contributed by atoms with Gasteiger partial charge in [-0.2, -0.15) is 0 Å². The van der Waals surface area contributed by atoms with Crippen LogP contribution in [0.1, 0.15) is 22.3 Å². The molecule has 0 saturated heterocycles. The Bertz CT molecular complexity index is 3400. The highest BCUT2D eigenvalue weighted by molar-refractivity contribution is 6.07. The summed E-state index contributed by atoms with van der Waals surface area (Å²) in [6, 6.07) is 92.0. The molecule has 12 rings (SSSR count). The monoisotopic (exact) mass is 826 g/mol. The Balaban J connectivity index is 1.04. The lowest BCUT2D eigenvalue weighted by Crippen LogP contribution is -2.28. The summed E-state index contributed by atoms with van der Waals surface area (Å²) in [6.07, 6.45) is 0. The van der Waals surface area contributed by atoms with Gasteiger partial charge in [0, 0.05) is 16.7 Å². The first-order valence-corrected chi connectivity index (χ1v) is 22.3. The molecule has 0 unspecified atom stereocenters. The Hall–Kier alpha value is -8.46. The first-order valence-electron chi connectivity index (χ1n) is 22.3. The van der Waals surface area contributed by atoms with Crippen LogP contribution in [-0.2, 0) is 5.41 Å². The molecule has 0 aliphatic heterocycles. The summed E-state index contributed by atoms with van der Waals surface area (Å²) in [4.78, 5) is 10.5. The van der Waals surface area contributed by atoms with Crippen LogP contribution in [-0.4, -0.2) is 9.97 Å². The van der Waals surface area contributed by atoms with Crippen LogP contribution in [0.15, 0.2) is 255 Å². The fraction of sp³-hybridized carbons (Fsp3) is 0.0159. The van der Waals surface area contributed by atoms with Gasteiger partial charge in [0.25, 0.3) is 0 Å². The van der Waals surface area contributed by atoms with E-state index < -0.39 is 5.41 Å². The lowest BCUT2D eigenvalue weighted by atomic mass is 9.66. The predicted molar refractivity (Wildman–Crippen MR) is 269 cm³/mol. The summed E-state index contributed by atoms with van der Waals surface area (Å²) < 4.78 is 0. The van der Waals surface area contributed by atoms with Crippen molar-refractivity contribution in [2.75, 3.05) is 0 Å². The molecule has 0 fully saturated rings. The van der Waals surface area contributed by atoms with Gasteiger partial charge in [0.05, 0.1) is 16.8 Å². The van der Waals surface area contributed by atoms with Crippen molar-refractivity contribution in [2.45, 2.75) is 5.41 Å². The molecule has 0 N–H and O–H groups in total. The molecular formula is C63H42N2. The molecule has 304 valence electrons. The van der Waals surface area contributed by atoms with Crippen LogP contribution in [0.3, 0.4) is 0 Å². The molecule has 11 aromatic rings. The summed E-state index contributed by atoms with van der Waals surface area (Å²) in [5.41, 5.74) is 18.9. The van der Waals surface area contributed by atoms with Crippen molar-refractivity contribution in [2.24, 2.45) is 0 Å². The third-order valence-corrected chi connectivity index (χ3v) is 13.1. The van der Waals surface area contributed by atoms with Gasteiger partial charge in [-0.1, -0.05) is 224 Å². The molecule has 1 aromatic heterocycles. The standard InChI is InChI=1S/C63H42N2/c1-6-20-43(21-7-1)49-38-50(44-22-8-2-9-23-44)40-51(39-49)59-42-58(64-62(65-59)47-24-10-3-11-25-47)46-36-34-45(35-37-46)56-41-48-26-16-17-31-54(48)61-60(56)55-32-18-19-33-57(55)63(61,52-27-12-4-13-28-52)53-29-14-5-15-30-53/h1-42H. The van der Waals surface area contributed by atoms with Crippen molar-refractivity contribution in [3.8, 4) is 78.4 Å². The van der Waals surface area contributed by atoms with Crippen molar-refractivity contribution in [3.63, 3.8) is 0 Å². The predicted octanol–water partition coefficient (Wildman–Crippen LogP) is 16.0. The van der Waals surface area contributed by atoms with E-state index in [2.05, 4.69) is 237 Å². The summed E-state index contributed by atoms with van der Waals surface area (Å²) in [6.45, 7) is 0. The number of hydrogen-bond acceptors (Lipinski definition) is 2. The second-order valence-corrected chi connectivity index (χ2v) is 16.9. The molecule has 2 nitrogen and oxygen atoms in total. The van der Waals surface area contributed by atoms with E-state index in [1.54, 1.807) is 0 Å². The lowest BCUT2D eigenvalue weighted by molar-refractivity contribution is 0.775. The van der Waals surface area contributed by atoms with Crippen LogP contribution in [0.4, 0.5) is 0 Å². The summed E-state index contributed by atoms with van der Waals surface area (Å²) >= 11 is 0. The largest absolute Gasteiger partial charge is 0.228 e. The summed E-state index contributed by atoms with van der Waals surface area (Å²) in [7, 11) is 0. The number of fused-ring (bicyclic) bond motifs is 5. The third-order valence-electron chi connectivity index (χ3n) is 13.1. The van der Waals surface area contributed by atoms with Crippen molar-refractivity contribution >= 4 is 10.8 Å². The molecule has 0 spiro atoms. The van der Waals surface area contributed by atoms with E-state index in [4.69, 9.17) is 9.97 Å². The van der Waals surface area contributed by atoms with Gasteiger partial charge in [-0.3, -0.25) is 0 Å². The highest BCUT2D eigenvalue weighted by Crippen LogP contribution is 2.60. The Morgan fingerprint density at radius 2 is 0.754 bits per heavy atom. The van der Waals surface area contributed by atoms with Crippen LogP contribution in [0, 0.1) is 0 Å². The Labute approximate surface area is 379 Å². The molecule has 2 heteroatoms. The van der Waals surface area contributed by atoms with E-state index >= 15 is 0 Å². The Morgan fingerprint density at radius 1 is 0.292 bits per heavy atom. The zero-order valence-electron chi connectivity index (χ0n) is 35.6. The first-order chi connectivity index (χ1) is 32.2. The van der Waals surface area contributed by atoms with E-state index in [0.29, 0.717) is 5.82 Å². The third kappa shape index (κ3) is 6.58. The number of hydrogen-bond donors (Lipinski definition) is 0. The highest BCUT2D eigenvalue weighted by Gasteiger charge is 2.48. The zero-order valence-corrected chi connectivity index (χ0v) is 35.6. The fourth-order valence-electron chi connectivity index (χ4n) is 10.2. The maximum atomic E-state index is 5.28. The van der Waals surface area contributed by atoms with Crippen LogP contribution in [0.5, 0.6) is 0 Å². The maximum Gasteiger partial charge on any atom is 0.160 e. The fourth-order valence-corrected chi connectivity index (χ4v) is 10.2. The van der Waals surface area contributed by atoms with Crippen LogP contribution >= 0.6 is 0 Å². The molecule has 0 atom stereocenters. The number of rotatable bonds is 8. The smallest absolute Gasteiger partial charge is 0.160 e. The van der Waals surface area contributed by atoms with Crippen molar-refractivity contribution in [1.29, 1.82) is 0 Å². The van der Waals surface area contributed by atoms with E-state index in [1.807, 2.05) is 18.2 Å². The van der Waals surface area contributed by atoms with Crippen molar-refractivity contribution in [3.05, 3.63) is 277 Å². The van der Waals surface area contributed by atoms with Crippen LogP contribution in [0.2, 0.25) is 0 Å². The SMILES string of the molecule is c1ccc(-c2cc(-c3ccccc3)cc(-c3cc(-c4ccc(-c5cc6ccccc6c6c5-c5ccccc5C6(c5ccccc5)c5ccccc5)cc4)nc(-c4ccccc4)n3)c2)cc1. The average molecular weight is 827 g/mol. The second kappa shape index (κ2) is 16.0. The minimum atomic E-state index is -0.520. The van der Waals surface area contributed by atoms with E-state index in [9.17, 15) is 0 Å². The van der Waals surface area contributed by atoms with E-state index in [1.165, 1.54) is 49.7 Å². The first kappa shape index (κ1) is 38.2. The molecule has 0 bridgehead atoms. The molecule has 65 heavy (non-hydrogen) atoms. The topological polar surface area (TPSA) is 25.8 Å². The van der Waals surface area contributed by atoms with E-state index in [0.717, 1.165) is 55.9 Å². The van der Waals surface area contributed by atoms with Crippen LogP contribution in [0.25, 0.3) is 89.2 Å². The number of benzene rings is 10. The molecular weight excluding hydrogens is 785 g/mol. The molecule has 10 aromatic carbocycles. The number of nitrogens with zero attached hydrogens (tertiary/aromatic N) is 2. The quantitative estimate of drug-likeness (QED) is 0.152. The normalized spacial score (nSPS) is 12.4. The lowest BCUT2D eigenvalue weighted by Gasteiger charge is -2.35. The molecule has 1 aliphatic rings. The minimum absolute atomic E-state index is 0.520. The van der Waals surface area contributed by atoms with Gasteiger partial charge in [-0.25, -0.2) is 9.97 Å². The van der Waals surface area contributed by atoms with Gasteiger partial charge in [-0.05, 0) is 108 Å². The van der Waals surface area contributed by atoms with Gasteiger partial charge in [0.2, 0.25) is 0 Å². The number of aromatic nitrogens is 2. The average Bonchev–Trinajstić information content (AvgIpc) is 3.72.